The first-order valence-electron chi connectivity index (χ1n) is 7.89. The Kier molecular flexibility index (Phi) is 5.31. The molecule has 0 saturated carbocycles. The third-order valence-corrected chi connectivity index (χ3v) is 3.87. The van der Waals surface area contributed by atoms with Crippen LogP contribution in [0.2, 0.25) is 0 Å². The van der Waals surface area contributed by atoms with Gasteiger partial charge in [-0.2, -0.15) is 23.0 Å². The number of para-hydroxylation sites is 1. The maximum atomic E-state index is 14.1. The Morgan fingerprint density at radius 2 is 1.62 bits per heavy atom. The molecule has 11 heteroatoms. The van der Waals surface area contributed by atoms with Crippen LogP contribution in [0.4, 0.5) is 41.2 Å². The van der Waals surface area contributed by atoms with E-state index in [-0.39, 0.29) is 15.9 Å². The summed E-state index contributed by atoms with van der Waals surface area (Å²) in [4.78, 5) is 12.4. The van der Waals surface area contributed by atoms with Crippen LogP contribution in [0.1, 0.15) is 11.4 Å². The molecule has 1 N–H and O–H groups in total. The van der Waals surface area contributed by atoms with Crippen LogP contribution in [0.5, 0.6) is 0 Å². The molecule has 152 valence electrons. The fourth-order valence-electron chi connectivity index (χ4n) is 2.55. The van der Waals surface area contributed by atoms with Crippen LogP contribution in [-0.2, 0) is 12.9 Å². The Bertz CT molecular complexity index is 1080. The molecule has 0 bridgehead atoms. The van der Waals surface area contributed by atoms with Crippen molar-refractivity contribution < 1.29 is 35.5 Å². The molecule has 0 saturated heterocycles. The maximum absolute atomic E-state index is 14.1. The van der Waals surface area contributed by atoms with Crippen LogP contribution >= 0.6 is 0 Å². The van der Waals surface area contributed by atoms with Crippen molar-refractivity contribution in [3.8, 4) is 11.1 Å². The number of anilines is 1. The van der Waals surface area contributed by atoms with Crippen molar-refractivity contribution in [1.82, 2.24) is 9.78 Å². The van der Waals surface area contributed by atoms with E-state index in [0.29, 0.717) is 18.2 Å². The SMILES string of the molecule is O=C(Nc1ccccc1-c1cc(F)c(F)cc1F)n1nc(C(F)(F)F)cc1CF. The Balaban J connectivity index is 2.00. The molecule has 2 aromatic carbocycles. The number of carbonyl (C=O) groups is 1. The van der Waals surface area contributed by atoms with Crippen molar-refractivity contribution >= 4 is 11.7 Å². The first-order valence-corrected chi connectivity index (χ1v) is 7.89. The molecule has 1 heterocycles. The second kappa shape index (κ2) is 7.57. The van der Waals surface area contributed by atoms with E-state index in [1.54, 1.807) is 0 Å². The summed E-state index contributed by atoms with van der Waals surface area (Å²) in [6.45, 7) is -1.41. The predicted molar refractivity (Wildman–Crippen MR) is 88.2 cm³/mol. The van der Waals surface area contributed by atoms with E-state index in [1.165, 1.54) is 24.3 Å². The van der Waals surface area contributed by atoms with Crippen LogP contribution in [0, 0.1) is 17.5 Å². The van der Waals surface area contributed by atoms with Crippen molar-refractivity contribution in [1.29, 1.82) is 0 Å². The van der Waals surface area contributed by atoms with Gasteiger partial charge in [-0.15, -0.1) is 0 Å². The van der Waals surface area contributed by atoms with E-state index >= 15 is 0 Å². The van der Waals surface area contributed by atoms with E-state index in [4.69, 9.17) is 0 Å². The summed E-state index contributed by atoms with van der Waals surface area (Å²) in [5.41, 5.74) is -2.76. The first kappa shape index (κ1) is 20.4. The summed E-state index contributed by atoms with van der Waals surface area (Å²) in [6.07, 6.45) is -4.90. The summed E-state index contributed by atoms with van der Waals surface area (Å²) >= 11 is 0. The van der Waals surface area contributed by atoms with Crippen molar-refractivity contribution in [3.63, 3.8) is 0 Å². The molecule has 0 atom stereocenters. The molecular weight excluding hydrogens is 407 g/mol. The lowest BCUT2D eigenvalue weighted by Crippen LogP contribution is -2.23. The highest BCUT2D eigenvalue weighted by Crippen LogP contribution is 2.32. The molecule has 1 aromatic heterocycles. The van der Waals surface area contributed by atoms with E-state index in [0.717, 1.165) is 0 Å². The second-order valence-electron chi connectivity index (χ2n) is 5.79. The largest absolute Gasteiger partial charge is 0.435 e. The van der Waals surface area contributed by atoms with Crippen LogP contribution in [0.3, 0.4) is 0 Å². The predicted octanol–water partition coefficient (Wildman–Crippen LogP) is 5.54. The number of benzene rings is 2. The number of nitrogens with one attached hydrogen (secondary N) is 1. The number of amides is 1. The zero-order chi connectivity index (χ0) is 21.3. The molecule has 3 aromatic rings. The van der Waals surface area contributed by atoms with E-state index < -0.39 is 53.3 Å². The standard InChI is InChI=1S/C18H10F7N3O/c19-8-9-5-16(18(23,24)25)27-28(9)17(29)26-15-4-2-1-3-10(15)11-6-13(21)14(22)7-12(11)20/h1-7H,8H2,(H,26,29). The van der Waals surface area contributed by atoms with Gasteiger partial charge in [-0.3, -0.25) is 0 Å². The molecule has 0 aliphatic rings. The summed E-state index contributed by atoms with van der Waals surface area (Å²) < 4.78 is 92.3. The van der Waals surface area contributed by atoms with Crippen LogP contribution in [-0.4, -0.2) is 15.8 Å². The van der Waals surface area contributed by atoms with Gasteiger partial charge >= 0.3 is 12.2 Å². The maximum Gasteiger partial charge on any atom is 0.435 e. The van der Waals surface area contributed by atoms with Gasteiger partial charge in [-0.25, -0.2) is 22.4 Å². The molecule has 29 heavy (non-hydrogen) atoms. The highest BCUT2D eigenvalue weighted by Gasteiger charge is 2.35. The fourth-order valence-corrected chi connectivity index (χ4v) is 2.55. The number of hydrogen-bond donors (Lipinski definition) is 1. The summed E-state index contributed by atoms with van der Waals surface area (Å²) in [5.74, 6) is -3.89. The van der Waals surface area contributed by atoms with Crippen molar-refractivity contribution in [2.45, 2.75) is 12.9 Å². The molecule has 0 radical (unpaired) electrons. The number of aromatic nitrogens is 2. The normalized spacial score (nSPS) is 11.6. The van der Waals surface area contributed by atoms with Crippen LogP contribution in [0.15, 0.2) is 42.5 Å². The lowest BCUT2D eigenvalue weighted by atomic mass is 10.0. The quantitative estimate of drug-likeness (QED) is 0.450. The number of rotatable bonds is 3. The number of carbonyl (C=O) groups excluding carboxylic acids is 1. The van der Waals surface area contributed by atoms with E-state index in [1.807, 2.05) is 0 Å². The van der Waals surface area contributed by atoms with Crippen LogP contribution in [0.25, 0.3) is 11.1 Å². The number of hydrogen-bond acceptors (Lipinski definition) is 2. The Morgan fingerprint density at radius 3 is 2.28 bits per heavy atom. The lowest BCUT2D eigenvalue weighted by molar-refractivity contribution is -0.141. The zero-order valence-corrected chi connectivity index (χ0v) is 14.2. The van der Waals surface area contributed by atoms with Gasteiger partial charge in [0, 0.05) is 17.2 Å². The number of alkyl halides is 4. The van der Waals surface area contributed by atoms with Crippen molar-refractivity contribution in [3.05, 3.63) is 71.3 Å². The molecule has 0 aliphatic heterocycles. The average molecular weight is 417 g/mol. The minimum absolute atomic E-state index is 0.0813. The third kappa shape index (κ3) is 4.08. The average Bonchev–Trinajstić information content (AvgIpc) is 3.10. The van der Waals surface area contributed by atoms with Crippen molar-refractivity contribution in [2.24, 2.45) is 0 Å². The molecule has 0 spiro atoms. The molecule has 1 amide bonds. The molecule has 0 fully saturated rings. The summed E-state index contributed by atoms with van der Waals surface area (Å²) in [6, 6.07) is 5.32. The molecule has 0 unspecified atom stereocenters. The summed E-state index contributed by atoms with van der Waals surface area (Å²) in [7, 11) is 0. The highest BCUT2D eigenvalue weighted by atomic mass is 19.4. The highest BCUT2D eigenvalue weighted by molar-refractivity contribution is 5.95. The van der Waals surface area contributed by atoms with Gasteiger partial charge in [0.25, 0.3) is 0 Å². The lowest BCUT2D eigenvalue weighted by Gasteiger charge is -2.13. The van der Waals surface area contributed by atoms with Gasteiger partial charge in [0.05, 0.1) is 11.4 Å². The van der Waals surface area contributed by atoms with E-state index in [2.05, 4.69) is 10.4 Å². The van der Waals surface area contributed by atoms with Gasteiger partial charge in [-0.05, 0) is 18.2 Å². The fraction of sp³-hybridized carbons (Fsp3) is 0.111. The zero-order valence-electron chi connectivity index (χ0n) is 14.2. The van der Waals surface area contributed by atoms with Crippen LogP contribution < -0.4 is 5.32 Å². The van der Waals surface area contributed by atoms with Gasteiger partial charge in [-0.1, -0.05) is 18.2 Å². The Morgan fingerprint density at radius 1 is 0.966 bits per heavy atom. The first-order chi connectivity index (χ1) is 13.6. The second-order valence-corrected chi connectivity index (χ2v) is 5.79. The van der Waals surface area contributed by atoms with Gasteiger partial charge in [0.2, 0.25) is 0 Å². The smallest absolute Gasteiger partial charge is 0.305 e. The van der Waals surface area contributed by atoms with Crippen molar-refractivity contribution in [2.75, 3.05) is 5.32 Å². The molecule has 3 rings (SSSR count). The Labute approximate surface area is 158 Å². The van der Waals surface area contributed by atoms with Gasteiger partial charge in [0.15, 0.2) is 17.3 Å². The molecule has 0 aliphatic carbocycles. The molecule has 4 nitrogen and oxygen atoms in total. The third-order valence-electron chi connectivity index (χ3n) is 3.87. The number of nitrogens with zero attached hydrogens (tertiary/aromatic N) is 2. The van der Waals surface area contributed by atoms with Gasteiger partial charge in [0.1, 0.15) is 12.5 Å². The Hall–Kier alpha value is -3.37. The molecular formula is C18H10F7N3O. The topological polar surface area (TPSA) is 46.9 Å². The van der Waals surface area contributed by atoms with E-state index in [9.17, 15) is 35.5 Å². The van der Waals surface area contributed by atoms with Gasteiger partial charge < -0.3 is 5.32 Å². The minimum atomic E-state index is -4.90. The summed E-state index contributed by atoms with van der Waals surface area (Å²) in [5, 5.41) is 5.22. The number of halogens is 7. The minimum Gasteiger partial charge on any atom is -0.305 e. The monoisotopic (exact) mass is 417 g/mol.